The molecule has 64 valence electrons. The van der Waals surface area contributed by atoms with Crippen molar-refractivity contribution in [2.75, 3.05) is 13.7 Å². The van der Waals surface area contributed by atoms with E-state index < -0.39 is 18.5 Å². The van der Waals surface area contributed by atoms with Crippen molar-refractivity contribution in [2.45, 2.75) is 18.5 Å². The fraction of sp³-hybridized carbons (Fsp3) is 0.714. The maximum absolute atomic E-state index is 9.29. The highest BCUT2D eigenvalue weighted by Crippen LogP contribution is 2.24. The van der Waals surface area contributed by atoms with Gasteiger partial charge >= 0.3 is 0 Å². The molecule has 1 fully saturated rings. The maximum Gasteiger partial charge on any atom is 0.182 e. The van der Waals surface area contributed by atoms with Gasteiger partial charge < -0.3 is 19.7 Å². The van der Waals surface area contributed by atoms with Crippen LogP contribution in [0.15, 0.2) is 12.2 Å². The molecule has 4 nitrogen and oxygen atoms in total. The van der Waals surface area contributed by atoms with Crippen molar-refractivity contribution in [1.82, 2.24) is 0 Å². The highest BCUT2D eigenvalue weighted by atomic mass is 16.7. The molecule has 0 amide bonds. The first-order chi connectivity index (χ1) is 5.20. The minimum atomic E-state index is -0.815. The van der Waals surface area contributed by atoms with Crippen LogP contribution in [0.2, 0.25) is 0 Å². The van der Waals surface area contributed by atoms with Crippen LogP contribution in [-0.2, 0) is 9.47 Å². The molecule has 0 spiro atoms. The molecule has 3 atom stereocenters. The van der Waals surface area contributed by atoms with Crippen molar-refractivity contribution in [3.63, 3.8) is 0 Å². The molecule has 1 aliphatic rings. The Hall–Kier alpha value is -0.420. The van der Waals surface area contributed by atoms with E-state index in [-0.39, 0.29) is 6.61 Å². The Labute approximate surface area is 65.0 Å². The van der Waals surface area contributed by atoms with Crippen molar-refractivity contribution in [3.8, 4) is 0 Å². The van der Waals surface area contributed by atoms with Gasteiger partial charge in [0.2, 0.25) is 0 Å². The number of ether oxygens (including phenoxy) is 2. The molecule has 0 aromatic carbocycles. The zero-order chi connectivity index (χ0) is 8.43. The summed E-state index contributed by atoms with van der Waals surface area (Å²) in [5.74, 6) is 0. The van der Waals surface area contributed by atoms with Crippen molar-refractivity contribution in [2.24, 2.45) is 0 Å². The topological polar surface area (TPSA) is 58.9 Å². The molecule has 1 heterocycles. The summed E-state index contributed by atoms with van der Waals surface area (Å²) >= 11 is 0. The average Bonchev–Trinajstić information content (AvgIpc) is 2.30. The van der Waals surface area contributed by atoms with Gasteiger partial charge in [0.15, 0.2) is 6.29 Å². The molecule has 0 aliphatic carbocycles. The molecule has 0 aromatic rings. The number of aliphatic hydroxyl groups excluding tert-OH is 2. The number of methoxy groups -OCH3 is 1. The van der Waals surface area contributed by atoms with Gasteiger partial charge in [-0.15, -0.1) is 0 Å². The van der Waals surface area contributed by atoms with E-state index in [4.69, 9.17) is 14.6 Å². The summed E-state index contributed by atoms with van der Waals surface area (Å²) in [5.41, 5.74) is 0.464. The summed E-state index contributed by atoms with van der Waals surface area (Å²) in [4.78, 5) is 0. The third-order valence-corrected chi connectivity index (χ3v) is 1.73. The Kier molecular flexibility index (Phi) is 2.62. The Morgan fingerprint density at radius 3 is 2.64 bits per heavy atom. The van der Waals surface area contributed by atoms with Crippen LogP contribution < -0.4 is 0 Å². The van der Waals surface area contributed by atoms with E-state index in [0.29, 0.717) is 5.57 Å². The number of hydrogen-bond donors (Lipinski definition) is 2. The van der Waals surface area contributed by atoms with Crippen LogP contribution in [0.1, 0.15) is 0 Å². The summed E-state index contributed by atoms with van der Waals surface area (Å²) < 4.78 is 9.90. The lowest BCUT2D eigenvalue weighted by Gasteiger charge is -2.08. The van der Waals surface area contributed by atoms with Crippen LogP contribution in [0, 0.1) is 0 Å². The predicted molar refractivity (Wildman–Crippen MR) is 37.9 cm³/mol. The molecule has 0 radical (unpaired) electrons. The minimum absolute atomic E-state index is 0.222. The van der Waals surface area contributed by atoms with Crippen molar-refractivity contribution in [3.05, 3.63) is 12.2 Å². The Morgan fingerprint density at radius 2 is 2.36 bits per heavy atom. The molecule has 1 aliphatic heterocycles. The zero-order valence-corrected chi connectivity index (χ0v) is 6.36. The molecular formula is C7H12O4. The zero-order valence-electron chi connectivity index (χ0n) is 6.36. The second-order valence-corrected chi connectivity index (χ2v) is 2.44. The lowest BCUT2D eigenvalue weighted by atomic mass is 10.1. The van der Waals surface area contributed by atoms with Gasteiger partial charge in [0.05, 0.1) is 6.61 Å². The molecule has 0 unspecified atom stereocenters. The van der Waals surface area contributed by atoms with Gasteiger partial charge in [-0.05, 0) is 0 Å². The standard InChI is InChI=1S/C7H12O4/c1-4-6(9)5(3-8)11-7(4)10-2/h5-9H,1,3H2,2H3/t5-,6-,7+/m1/s1. The van der Waals surface area contributed by atoms with Gasteiger partial charge in [-0.3, -0.25) is 0 Å². The second-order valence-electron chi connectivity index (χ2n) is 2.44. The van der Waals surface area contributed by atoms with Crippen molar-refractivity contribution in [1.29, 1.82) is 0 Å². The Balaban J connectivity index is 2.61. The van der Waals surface area contributed by atoms with Crippen molar-refractivity contribution >= 4 is 0 Å². The summed E-state index contributed by atoms with van der Waals surface area (Å²) in [6, 6.07) is 0. The van der Waals surface area contributed by atoms with Crippen molar-refractivity contribution < 1.29 is 19.7 Å². The highest BCUT2D eigenvalue weighted by molar-refractivity contribution is 5.13. The van der Waals surface area contributed by atoms with Crippen LogP contribution in [0.4, 0.5) is 0 Å². The minimum Gasteiger partial charge on any atom is -0.394 e. The van der Waals surface area contributed by atoms with Gasteiger partial charge in [-0.1, -0.05) is 6.58 Å². The largest absolute Gasteiger partial charge is 0.394 e. The molecule has 1 saturated heterocycles. The van der Waals surface area contributed by atoms with E-state index >= 15 is 0 Å². The first kappa shape index (κ1) is 8.67. The van der Waals surface area contributed by atoms with E-state index in [0.717, 1.165) is 0 Å². The molecule has 0 aromatic heterocycles. The maximum atomic E-state index is 9.29. The van der Waals surface area contributed by atoms with E-state index in [1.807, 2.05) is 0 Å². The van der Waals surface area contributed by atoms with Crippen LogP contribution >= 0.6 is 0 Å². The van der Waals surface area contributed by atoms with Crippen LogP contribution in [0.5, 0.6) is 0 Å². The third kappa shape index (κ3) is 1.44. The third-order valence-electron chi connectivity index (χ3n) is 1.73. The smallest absolute Gasteiger partial charge is 0.182 e. The molecule has 4 heteroatoms. The molecular weight excluding hydrogens is 148 g/mol. The van der Waals surface area contributed by atoms with Crippen LogP contribution in [0.3, 0.4) is 0 Å². The van der Waals surface area contributed by atoms with E-state index in [2.05, 4.69) is 6.58 Å². The van der Waals surface area contributed by atoms with Gasteiger partial charge in [-0.25, -0.2) is 0 Å². The van der Waals surface area contributed by atoms with Gasteiger partial charge in [0.25, 0.3) is 0 Å². The predicted octanol–water partition coefficient (Wildman–Crippen LogP) is -0.733. The molecule has 0 bridgehead atoms. The van der Waals surface area contributed by atoms with Gasteiger partial charge in [-0.2, -0.15) is 0 Å². The van der Waals surface area contributed by atoms with E-state index in [9.17, 15) is 5.11 Å². The molecule has 11 heavy (non-hydrogen) atoms. The summed E-state index contributed by atoms with van der Waals surface area (Å²) in [7, 11) is 1.46. The van der Waals surface area contributed by atoms with Gasteiger partial charge in [0, 0.05) is 12.7 Å². The number of aliphatic hydroxyl groups is 2. The normalized spacial score (nSPS) is 38.1. The fourth-order valence-electron chi connectivity index (χ4n) is 1.05. The quantitative estimate of drug-likeness (QED) is 0.523. The molecule has 0 saturated carbocycles. The number of hydrogen-bond acceptors (Lipinski definition) is 4. The Bertz CT molecular complexity index is 153. The lowest BCUT2D eigenvalue weighted by Crippen LogP contribution is -2.25. The first-order valence-corrected chi connectivity index (χ1v) is 3.36. The average molecular weight is 160 g/mol. The summed E-state index contributed by atoms with van der Waals surface area (Å²) in [5, 5.41) is 18.0. The number of rotatable bonds is 2. The summed E-state index contributed by atoms with van der Waals surface area (Å²) in [6.45, 7) is 3.35. The molecule has 2 N–H and O–H groups in total. The van der Waals surface area contributed by atoms with Gasteiger partial charge in [0.1, 0.15) is 12.2 Å². The summed E-state index contributed by atoms with van der Waals surface area (Å²) in [6.07, 6.45) is -1.99. The van der Waals surface area contributed by atoms with E-state index in [1.54, 1.807) is 0 Å². The first-order valence-electron chi connectivity index (χ1n) is 3.36. The Morgan fingerprint density at radius 1 is 1.73 bits per heavy atom. The van der Waals surface area contributed by atoms with Crippen LogP contribution in [-0.4, -0.2) is 42.4 Å². The second kappa shape index (κ2) is 3.32. The monoisotopic (exact) mass is 160 g/mol. The van der Waals surface area contributed by atoms with E-state index in [1.165, 1.54) is 7.11 Å². The van der Waals surface area contributed by atoms with Crippen LogP contribution in [0.25, 0.3) is 0 Å². The fourth-order valence-corrected chi connectivity index (χ4v) is 1.05. The SMILES string of the molecule is C=C1[C@@H](OC)O[C@H](CO)[C@@H]1O. The highest BCUT2D eigenvalue weighted by Gasteiger charge is 2.36. The lowest BCUT2D eigenvalue weighted by molar-refractivity contribution is -0.118. The molecule has 1 rings (SSSR count).